The second-order valence-electron chi connectivity index (χ2n) is 6.27. The lowest BCUT2D eigenvalue weighted by Crippen LogP contribution is -2.32. The van der Waals surface area contributed by atoms with Gasteiger partial charge in [-0.2, -0.15) is 0 Å². The molecule has 1 N–H and O–H groups in total. The lowest BCUT2D eigenvalue weighted by Gasteiger charge is -2.19. The van der Waals surface area contributed by atoms with Crippen LogP contribution in [0.25, 0.3) is 10.9 Å². The van der Waals surface area contributed by atoms with Gasteiger partial charge in [-0.1, -0.05) is 11.8 Å². The summed E-state index contributed by atoms with van der Waals surface area (Å²) in [5.74, 6) is 5.88. The number of carbonyl (C=O) groups is 1. The Morgan fingerprint density at radius 1 is 1.36 bits per heavy atom. The van der Waals surface area contributed by atoms with Crippen LogP contribution in [0, 0.1) is 22.0 Å². The Balaban J connectivity index is 2.05. The van der Waals surface area contributed by atoms with E-state index >= 15 is 0 Å². The monoisotopic (exact) mass is 341 g/mol. The van der Waals surface area contributed by atoms with Gasteiger partial charge >= 0.3 is 6.09 Å². The highest BCUT2D eigenvalue weighted by atomic mass is 16.6. The van der Waals surface area contributed by atoms with Crippen LogP contribution in [-0.2, 0) is 4.74 Å². The number of rotatable bonds is 3. The van der Waals surface area contributed by atoms with Gasteiger partial charge in [0.15, 0.2) is 0 Å². The number of amides is 1. The first-order valence-electron chi connectivity index (χ1n) is 7.76. The van der Waals surface area contributed by atoms with E-state index in [1.165, 1.54) is 6.07 Å². The Morgan fingerprint density at radius 2 is 2.12 bits per heavy atom. The maximum absolute atomic E-state index is 11.5. The molecule has 7 heteroatoms. The molecule has 2 rings (SSSR count). The highest BCUT2D eigenvalue weighted by Gasteiger charge is 2.15. The van der Waals surface area contributed by atoms with E-state index in [1.807, 2.05) is 0 Å². The maximum Gasteiger partial charge on any atom is 0.407 e. The van der Waals surface area contributed by atoms with Gasteiger partial charge in [0.1, 0.15) is 5.60 Å². The molecule has 1 amide bonds. The van der Waals surface area contributed by atoms with Gasteiger partial charge in [-0.05, 0) is 39.0 Å². The second kappa shape index (κ2) is 7.62. The highest BCUT2D eigenvalue weighted by molar-refractivity contribution is 5.92. The van der Waals surface area contributed by atoms with Crippen LogP contribution < -0.4 is 5.32 Å². The van der Waals surface area contributed by atoms with E-state index in [0.717, 1.165) is 0 Å². The number of aromatic nitrogens is 1. The summed E-state index contributed by atoms with van der Waals surface area (Å²) in [6.45, 7) is 5.72. The molecule has 7 nitrogen and oxygen atoms in total. The molecule has 0 spiro atoms. The van der Waals surface area contributed by atoms with E-state index in [-0.39, 0.29) is 5.69 Å². The molecular formula is C18H19N3O4. The zero-order valence-electron chi connectivity index (χ0n) is 14.3. The Morgan fingerprint density at radius 3 is 2.80 bits per heavy atom. The maximum atomic E-state index is 11.5. The average molecular weight is 341 g/mol. The number of fused-ring (bicyclic) bond motifs is 1. The molecule has 0 radical (unpaired) electrons. The van der Waals surface area contributed by atoms with Crippen molar-refractivity contribution in [2.24, 2.45) is 0 Å². The lowest BCUT2D eigenvalue weighted by molar-refractivity contribution is -0.383. The van der Waals surface area contributed by atoms with Crippen LogP contribution >= 0.6 is 0 Å². The van der Waals surface area contributed by atoms with Gasteiger partial charge in [0.2, 0.25) is 0 Å². The van der Waals surface area contributed by atoms with Crippen molar-refractivity contribution < 1.29 is 14.5 Å². The fraction of sp³-hybridized carbons (Fsp3) is 0.333. The quantitative estimate of drug-likeness (QED) is 0.399. The number of hydrogen-bond acceptors (Lipinski definition) is 5. The zero-order valence-corrected chi connectivity index (χ0v) is 14.3. The number of carbonyl (C=O) groups excluding carboxylic acids is 1. The summed E-state index contributed by atoms with van der Waals surface area (Å²) in [7, 11) is 0. The summed E-state index contributed by atoms with van der Waals surface area (Å²) in [6.07, 6.45) is 1.50. The van der Waals surface area contributed by atoms with Gasteiger partial charge in [-0.15, -0.1) is 0 Å². The van der Waals surface area contributed by atoms with Crippen molar-refractivity contribution in [3.05, 3.63) is 46.1 Å². The standard InChI is InChI=1S/C18H19N3O4/c1-18(2,3)25-17(22)20-11-5-4-7-13-9-10-15(21(23)24)14-8-6-12-19-16(13)14/h6,8-10,12H,5,11H2,1-3H3,(H,20,22). The fourth-order valence-electron chi connectivity index (χ4n) is 2.12. The first kappa shape index (κ1) is 18.2. The summed E-state index contributed by atoms with van der Waals surface area (Å²) < 4.78 is 5.12. The molecule has 1 heterocycles. The third-order valence-corrected chi connectivity index (χ3v) is 3.08. The van der Waals surface area contributed by atoms with E-state index < -0.39 is 16.6 Å². The molecule has 0 unspecified atom stereocenters. The number of alkyl carbamates (subject to hydrolysis) is 1. The molecule has 0 aliphatic rings. The van der Waals surface area contributed by atoms with Crippen LogP contribution in [0.1, 0.15) is 32.8 Å². The molecule has 0 saturated carbocycles. The molecule has 1 aromatic heterocycles. The molecule has 130 valence electrons. The number of nitro benzene ring substituents is 1. The number of pyridine rings is 1. The average Bonchev–Trinajstić information content (AvgIpc) is 2.52. The summed E-state index contributed by atoms with van der Waals surface area (Å²) in [5, 5.41) is 14.1. The highest BCUT2D eigenvalue weighted by Crippen LogP contribution is 2.26. The van der Waals surface area contributed by atoms with E-state index in [9.17, 15) is 14.9 Å². The topological polar surface area (TPSA) is 94.4 Å². The second-order valence-corrected chi connectivity index (χ2v) is 6.27. The van der Waals surface area contributed by atoms with Crippen molar-refractivity contribution in [2.75, 3.05) is 6.54 Å². The van der Waals surface area contributed by atoms with Gasteiger partial charge in [-0.25, -0.2) is 4.79 Å². The number of nitrogens with one attached hydrogen (secondary N) is 1. The summed E-state index contributed by atoms with van der Waals surface area (Å²) in [5.41, 5.74) is 0.557. The van der Waals surface area contributed by atoms with Crippen molar-refractivity contribution in [1.29, 1.82) is 0 Å². The molecule has 1 aromatic carbocycles. The molecular weight excluding hydrogens is 322 g/mol. The van der Waals surface area contributed by atoms with E-state index in [4.69, 9.17) is 4.74 Å². The van der Waals surface area contributed by atoms with Gasteiger partial charge in [0.05, 0.1) is 21.4 Å². The van der Waals surface area contributed by atoms with E-state index in [0.29, 0.717) is 29.4 Å². The Labute approximate surface area is 145 Å². The Bertz CT molecular complexity index is 860. The summed E-state index contributed by atoms with van der Waals surface area (Å²) in [6, 6.07) is 6.31. The Hall–Kier alpha value is -3.14. The smallest absolute Gasteiger partial charge is 0.407 e. The summed E-state index contributed by atoms with van der Waals surface area (Å²) in [4.78, 5) is 26.3. The molecule has 2 aromatic rings. The number of nitro groups is 1. The number of benzene rings is 1. The first-order chi connectivity index (χ1) is 11.8. The molecule has 0 saturated heterocycles. The fourth-order valence-corrected chi connectivity index (χ4v) is 2.12. The normalized spacial score (nSPS) is 10.7. The molecule has 0 atom stereocenters. The third kappa shape index (κ3) is 5.18. The minimum Gasteiger partial charge on any atom is -0.444 e. The molecule has 0 bridgehead atoms. The third-order valence-electron chi connectivity index (χ3n) is 3.08. The first-order valence-corrected chi connectivity index (χ1v) is 7.76. The minimum absolute atomic E-state index is 0.000224. The van der Waals surface area contributed by atoms with Crippen molar-refractivity contribution in [3.63, 3.8) is 0 Å². The molecule has 25 heavy (non-hydrogen) atoms. The minimum atomic E-state index is -0.543. The van der Waals surface area contributed by atoms with Crippen LogP contribution in [0.2, 0.25) is 0 Å². The van der Waals surface area contributed by atoms with Crippen LogP contribution in [0.15, 0.2) is 30.5 Å². The van der Waals surface area contributed by atoms with Crippen LogP contribution in [0.5, 0.6) is 0 Å². The van der Waals surface area contributed by atoms with Crippen LogP contribution in [0.4, 0.5) is 10.5 Å². The van der Waals surface area contributed by atoms with Crippen molar-refractivity contribution in [2.45, 2.75) is 32.8 Å². The van der Waals surface area contributed by atoms with Crippen molar-refractivity contribution in [3.8, 4) is 11.8 Å². The number of non-ortho nitro benzene ring substituents is 1. The SMILES string of the molecule is CC(C)(C)OC(=O)NCCC#Cc1ccc([N+](=O)[O-])c2cccnc12. The van der Waals surface area contributed by atoms with Gasteiger partial charge in [0.25, 0.3) is 5.69 Å². The van der Waals surface area contributed by atoms with Crippen molar-refractivity contribution >= 4 is 22.7 Å². The lowest BCUT2D eigenvalue weighted by atomic mass is 10.1. The molecule has 0 fully saturated rings. The number of nitrogens with zero attached hydrogens (tertiary/aromatic N) is 2. The van der Waals surface area contributed by atoms with Crippen LogP contribution in [-0.4, -0.2) is 28.1 Å². The number of hydrogen-bond donors (Lipinski definition) is 1. The van der Waals surface area contributed by atoms with Gasteiger partial charge in [0, 0.05) is 25.2 Å². The van der Waals surface area contributed by atoms with E-state index in [1.54, 1.807) is 45.2 Å². The number of ether oxygens (including phenoxy) is 1. The van der Waals surface area contributed by atoms with Gasteiger partial charge in [-0.3, -0.25) is 15.1 Å². The Kier molecular flexibility index (Phi) is 5.55. The summed E-state index contributed by atoms with van der Waals surface area (Å²) >= 11 is 0. The zero-order chi connectivity index (χ0) is 18.4. The van der Waals surface area contributed by atoms with Crippen LogP contribution in [0.3, 0.4) is 0 Å². The molecule has 0 aliphatic heterocycles. The van der Waals surface area contributed by atoms with Crippen molar-refractivity contribution in [1.82, 2.24) is 10.3 Å². The van der Waals surface area contributed by atoms with E-state index in [2.05, 4.69) is 22.1 Å². The molecule has 0 aliphatic carbocycles. The predicted octanol–water partition coefficient (Wildman–Crippen LogP) is 3.41. The predicted molar refractivity (Wildman–Crippen MR) is 94.1 cm³/mol. The van der Waals surface area contributed by atoms with Gasteiger partial charge < -0.3 is 10.1 Å². The largest absolute Gasteiger partial charge is 0.444 e.